The van der Waals surface area contributed by atoms with Gasteiger partial charge < -0.3 is 0 Å². The smallest absolute Gasteiger partial charge is 0.250 e. The highest BCUT2D eigenvalue weighted by atomic mass is 79.9. The Morgan fingerprint density at radius 2 is 1.69 bits per heavy atom. The summed E-state index contributed by atoms with van der Waals surface area (Å²) in [5, 5.41) is 13.5. The van der Waals surface area contributed by atoms with Crippen LogP contribution in [0.15, 0.2) is 93.6 Å². The van der Waals surface area contributed by atoms with Crippen LogP contribution >= 0.6 is 27.7 Å². The average molecular weight is 549 g/mol. The minimum Gasteiger partial charge on any atom is -0.272 e. The largest absolute Gasteiger partial charge is 0.272 e. The molecule has 6 nitrogen and oxygen atoms in total. The van der Waals surface area contributed by atoms with Gasteiger partial charge in [0.1, 0.15) is 0 Å². The summed E-state index contributed by atoms with van der Waals surface area (Å²) in [6.07, 6.45) is 1.65. The van der Waals surface area contributed by atoms with Crippen LogP contribution in [-0.2, 0) is 10.2 Å². The molecule has 3 aromatic carbocycles. The van der Waals surface area contributed by atoms with Gasteiger partial charge in [0.25, 0.3) is 5.91 Å². The number of thioether (sulfide) groups is 1. The van der Waals surface area contributed by atoms with Gasteiger partial charge in [0.15, 0.2) is 11.0 Å². The summed E-state index contributed by atoms with van der Waals surface area (Å²) in [5.41, 5.74) is 6.73. The molecule has 0 aliphatic heterocycles. The lowest BCUT2D eigenvalue weighted by Gasteiger charge is -2.18. The summed E-state index contributed by atoms with van der Waals surface area (Å²) in [6, 6.07) is 25.9. The SMILES string of the molecule is CC(C)(C)c1ccc(/C=N/NC(=O)CSc2nnc(-c3ccccc3)n2-c2ccc(Br)cc2)cc1. The summed E-state index contributed by atoms with van der Waals surface area (Å²) in [7, 11) is 0. The molecule has 0 radical (unpaired) electrons. The molecule has 1 amide bonds. The number of carbonyl (C=O) groups is 1. The number of aromatic nitrogens is 3. The first-order valence-corrected chi connectivity index (χ1v) is 12.9. The molecule has 0 unspecified atom stereocenters. The molecular weight excluding hydrogens is 522 g/mol. The van der Waals surface area contributed by atoms with E-state index in [0.29, 0.717) is 11.0 Å². The third-order valence-electron chi connectivity index (χ3n) is 5.26. The number of benzene rings is 3. The van der Waals surface area contributed by atoms with Gasteiger partial charge in [0, 0.05) is 15.7 Å². The van der Waals surface area contributed by atoms with Gasteiger partial charge in [-0.3, -0.25) is 9.36 Å². The zero-order valence-corrected chi connectivity index (χ0v) is 22.2. The predicted molar refractivity (Wildman–Crippen MR) is 146 cm³/mol. The summed E-state index contributed by atoms with van der Waals surface area (Å²) in [6.45, 7) is 6.52. The standard InChI is InChI=1S/C27H26BrN5OS/c1-27(2,3)21-11-9-19(10-12-21)17-29-30-24(34)18-35-26-32-31-25(20-7-5-4-6-8-20)33(26)23-15-13-22(28)14-16-23/h4-17H,18H2,1-3H3,(H,30,34)/b29-17+. The van der Waals surface area contributed by atoms with E-state index in [1.165, 1.54) is 17.3 Å². The van der Waals surface area contributed by atoms with Crippen molar-refractivity contribution in [2.75, 3.05) is 5.75 Å². The second-order valence-corrected chi connectivity index (χ2v) is 10.8. The highest BCUT2D eigenvalue weighted by Gasteiger charge is 2.17. The third kappa shape index (κ3) is 6.46. The summed E-state index contributed by atoms with van der Waals surface area (Å²) in [5.74, 6) is 0.653. The lowest BCUT2D eigenvalue weighted by Crippen LogP contribution is -2.20. The Labute approximate surface area is 218 Å². The number of nitrogens with zero attached hydrogens (tertiary/aromatic N) is 4. The first kappa shape index (κ1) is 24.9. The molecule has 1 N–H and O–H groups in total. The summed E-state index contributed by atoms with van der Waals surface area (Å²) >= 11 is 4.79. The van der Waals surface area contributed by atoms with Crippen LogP contribution in [-0.4, -0.2) is 32.6 Å². The van der Waals surface area contributed by atoms with E-state index < -0.39 is 0 Å². The van der Waals surface area contributed by atoms with Crippen molar-refractivity contribution in [3.8, 4) is 17.1 Å². The molecule has 1 heterocycles. The van der Waals surface area contributed by atoms with E-state index in [9.17, 15) is 4.79 Å². The molecular formula is C27H26BrN5OS. The number of rotatable bonds is 7. The molecule has 35 heavy (non-hydrogen) atoms. The molecule has 1 aromatic heterocycles. The van der Waals surface area contributed by atoms with Crippen LogP contribution in [0.3, 0.4) is 0 Å². The fraction of sp³-hybridized carbons (Fsp3) is 0.185. The molecule has 0 aliphatic rings. The molecule has 0 saturated carbocycles. The van der Waals surface area contributed by atoms with Crippen molar-refractivity contribution in [2.24, 2.45) is 5.10 Å². The van der Waals surface area contributed by atoms with Crippen LogP contribution in [0.5, 0.6) is 0 Å². The Bertz CT molecular complexity index is 1310. The number of amides is 1. The molecule has 0 atom stereocenters. The summed E-state index contributed by atoms with van der Waals surface area (Å²) in [4.78, 5) is 12.5. The minimum absolute atomic E-state index is 0.0955. The van der Waals surface area contributed by atoms with Gasteiger partial charge in [-0.25, -0.2) is 5.43 Å². The number of nitrogens with one attached hydrogen (secondary N) is 1. The first-order chi connectivity index (χ1) is 16.8. The maximum atomic E-state index is 12.5. The second kappa shape index (κ2) is 11.0. The monoisotopic (exact) mass is 547 g/mol. The fourth-order valence-electron chi connectivity index (χ4n) is 3.37. The van der Waals surface area contributed by atoms with Crippen LogP contribution in [0.2, 0.25) is 0 Å². The van der Waals surface area contributed by atoms with E-state index in [1.54, 1.807) is 6.21 Å². The van der Waals surface area contributed by atoms with Gasteiger partial charge in [-0.2, -0.15) is 5.10 Å². The maximum Gasteiger partial charge on any atom is 0.250 e. The van der Waals surface area contributed by atoms with Crippen LogP contribution in [0, 0.1) is 0 Å². The highest BCUT2D eigenvalue weighted by Crippen LogP contribution is 2.28. The van der Waals surface area contributed by atoms with Crippen molar-refractivity contribution in [2.45, 2.75) is 31.3 Å². The molecule has 0 aliphatic carbocycles. The van der Waals surface area contributed by atoms with E-state index in [2.05, 4.69) is 69.6 Å². The Morgan fingerprint density at radius 3 is 2.34 bits per heavy atom. The quantitative estimate of drug-likeness (QED) is 0.169. The van der Waals surface area contributed by atoms with Crippen molar-refractivity contribution in [1.82, 2.24) is 20.2 Å². The van der Waals surface area contributed by atoms with E-state index >= 15 is 0 Å². The van der Waals surface area contributed by atoms with Crippen LogP contribution in [0.25, 0.3) is 17.1 Å². The molecule has 4 aromatic rings. The van der Waals surface area contributed by atoms with Gasteiger partial charge >= 0.3 is 0 Å². The van der Waals surface area contributed by atoms with Crippen LogP contribution in [0.4, 0.5) is 0 Å². The van der Waals surface area contributed by atoms with E-state index in [-0.39, 0.29) is 17.1 Å². The highest BCUT2D eigenvalue weighted by molar-refractivity contribution is 9.10. The molecule has 0 bridgehead atoms. The zero-order valence-electron chi connectivity index (χ0n) is 19.8. The third-order valence-corrected chi connectivity index (χ3v) is 6.72. The molecule has 4 rings (SSSR count). The van der Waals surface area contributed by atoms with Gasteiger partial charge in [-0.05, 0) is 40.8 Å². The number of halogens is 1. The molecule has 178 valence electrons. The van der Waals surface area contributed by atoms with E-state index in [0.717, 1.165) is 21.3 Å². The lowest BCUT2D eigenvalue weighted by molar-refractivity contribution is -0.118. The molecule has 8 heteroatoms. The van der Waals surface area contributed by atoms with Gasteiger partial charge in [-0.1, -0.05) is 103 Å². The average Bonchev–Trinajstić information content (AvgIpc) is 3.27. The Morgan fingerprint density at radius 1 is 1.00 bits per heavy atom. The van der Waals surface area contributed by atoms with Crippen molar-refractivity contribution in [3.05, 3.63) is 94.5 Å². The summed E-state index contributed by atoms with van der Waals surface area (Å²) < 4.78 is 2.94. The fourth-order valence-corrected chi connectivity index (χ4v) is 4.38. The Hall–Kier alpha value is -3.23. The van der Waals surface area contributed by atoms with Crippen molar-refractivity contribution < 1.29 is 4.79 Å². The molecule has 0 spiro atoms. The second-order valence-electron chi connectivity index (χ2n) is 8.94. The predicted octanol–water partition coefficient (Wildman–Crippen LogP) is 6.24. The van der Waals surface area contributed by atoms with Crippen LogP contribution in [0.1, 0.15) is 31.9 Å². The molecule has 0 saturated heterocycles. The Kier molecular flexibility index (Phi) is 7.83. The van der Waals surface area contributed by atoms with Gasteiger partial charge in [0.05, 0.1) is 12.0 Å². The lowest BCUT2D eigenvalue weighted by atomic mass is 9.87. The van der Waals surface area contributed by atoms with E-state index in [1.807, 2.05) is 71.3 Å². The van der Waals surface area contributed by atoms with Gasteiger partial charge in [0.2, 0.25) is 0 Å². The first-order valence-electron chi connectivity index (χ1n) is 11.1. The van der Waals surface area contributed by atoms with Crippen LogP contribution < -0.4 is 5.43 Å². The minimum atomic E-state index is -0.218. The van der Waals surface area contributed by atoms with Crippen molar-refractivity contribution >= 4 is 39.8 Å². The normalized spacial score (nSPS) is 11.7. The number of hydrazone groups is 1. The zero-order chi connectivity index (χ0) is 24.8. The Balaban J connectivity index is 1.44. The van der Waals surface area contributed by atoms with E-state index in [4.69, 9.17) is 0 Å². The maximum absolute atomic E-state index is 12.5. The number of hydrogen-bond acceptors (Lipinski definition) is 5. The van der Waals surface area contributed by atoms with Crippen molar-refractivity contribution in [3.63, 3.8) is 0 Å². The van der Waals surface area contributed by atoms with Gasteiger partial charge in [-0.15, -0.1) is 10.2 Å². The topological polar surface area (TPSA) is 72.2 Å². The number of hydrogen-bond donors (Lipinski definition) is 1. The van der Waals surface area contributed by atoms with Crippen molar-refractivity contribution in [1.29, 1.82) is 0 Å². The number of carbonyl (C=O) groups excluding carboxylic acids is 1. The molecule has 0 fully saturated rings.